The van der Waals surface area contributed by atoms with E-state index in [9.17, 15) is 9.59 Å². The molecular formula is C20H19NO5. The van der Waals surface area contributed by atoms with Crippen LogP contribution in [0, 0.1) is 0 Å². The van der Waals surface area contributed by atoms with Crippen LogP contribution in [0.25, 0.3) is 22.4 Å². The van der Waals surface area contributed by atoms with E-state index < -0.39 is 5.63 Å². The Morgan fingerprint density at radius 2 is 1.81 bits per heavy atom. The van der Waals surface area contributed by atoms with E-state index in [1.54, 1.807) is 31.2 Å². The van der Waals surface area contributed by atoms with Crippen LogP contribution in [0.5, 0.6) is 11.5 Å². The normalized spacial score (nSPS) is 10.7. The maximum absolute atomic E-state index is 12.3. The van der Waals surface area contributed by atoms with Gasteiger partial charge in [0.2, 0.25) is 5.89 Å². The van der Waals surface area contributed by atoms with Crippen molar-refractivity contribution in [3.63, 3.8) is 0 Å². The summed E-state index contributed by atoms with van der Waals surface area (Å²) >= 11 is 0. The molecule has 0 amide bonds. The molecule has 0 atom stereocenters. The molecule has 2 aromatic carbocycles. The molecule has 3 aromatic rings. The van der Waals surface area contributed by atoms with E-state index in [0.29, 0.717) is 23.4 Å². The lowest BCUT2D eigenvalue weighted by Crippen LogP contribution is -2.07. The van der Waals surface area contributed by atoms with Crippen LogP contribution < -0.4 is 15.1 Å². The maximum atomic E-state index is 12.3. The monoisotopic (exact) mass is 353 g/mol. The molecule has 26 heavy (non-hydrogen) atoms. The Morgan fingerprint density at radius 1 is 1.08 bits per heavy atom. The fourth-order valence-corrected chi connectivity index (χ4v) is 2.36. The Bertz CT molecular complexity index is 976. The van der Waals surface area contributed by atoms with Gasteiger partial charge in [-0.3, -0.25) is 4.79 Å². The summed E-state index contributed by atoms with van der Waals surface area (Å²) in [5.74, 6) is 0.899. The minimum Gasteiger partial charge on any atom is -0.494 e. The molecule has 0 saturated carbocycles. The summed E-state index contributed by atoms with van der Waals surface area (Å²) in [5, 5.41) is 0.262. The Labute approximate surface area is 150 Å². The zero-order valence-corrected chi connectivity index (χ0v) is 14.7. The van der Waals surface area contributed by atoms with Gasteiger partial charge >= 0.3 is 11.6 Å². The van der Waals surface area contributed by atoms with Crippen LogP contribution in [0.2, 0.25) is 0 Å². The smallest absolute Gasteiger partial charge is 0.347 e. The number of benzene rings is 2. The number of esters is 1. The first kappa shape index (κ1) is 17.7. The van der Waals surface area contributed by atoms with E-state index in [0.717, 1.165) is 12.2 Å². The number of nitrogens with zero attached hydrogens (tertiary/aromatic N) is 1. The van der Waals surface area contributed by atoms with Crippen molar-refractivity contribution < 1.29 is 18.7 Å². The Hall–Kier alpha value is -3.15. The molecule has 0 bridgehead atoms. The van der Waals surface area contributed by atoms with Gasteiger partial charge in [-0.2, -0.15) is 0 Å². The molecule has 0 unspecified atom stereocenters. The molecular weight excluding hydrogens is 334 g/mol. The van der Waals surface area contributed by atoms with Crippen LogP contribution in [0.1, 0.15) is 26.7 Å². The molecule has 1 heterocycles. The van der Waals surface area contributed by atoms with Gasteiger partial charge in [0, 0.05) is 12.0 Å². The molecule has 134 valence electrons. The second-order valence-electron chi connectivity index (χ2n) is 5.69. The highest BCUT2D eigenvalue weighted by Gasteiger charge is 2.11. The predicted molar refractivity (Wildman–Crippen MR) is 97.4 cm³/mol. The van der Waals surface area contributed by atoms with Gasteiger partial charge in [-0.25, -0.2) is 9.78 Å². The molecule has 6 nitrogen and oxygen atoms in total. The van der Waals surface area contributed by atoms with Crippen LogP contribution in [-0.4, -0.2) is 17.6 Å². The van der Waals surface area contributed by atoms with Gasteiger partial charge in [0.1, 0.15) is 11.5 Å². The number of rotatable bonds is 6. The van der Waals surface area contributed by atoms with Crippen LogP contribution in [0.3, 0.4) is 0 Å². The summed E-state index contributed by atoms with van der Waals surface area (Å²) in [7, 11) is 0. The standard InChI is InChI=1S/C20H19NO5/c1-3-11-24-14-7-5-13(6-8-14)19-21-17-10-9-15(25-18(22)4-2)12-16(17)20(23)26-19/h5-10,12H,3-4,11H2,1-2H3. The van der Waals surface area contributed by atoms with E-state index >= 15 is 0 Å². The first-order chi connectivity index (χ1) is 12.6. The molecule has 0 spiro atoms. The van der Waals surface area contributed by atoms with Gasteiger partial charge in [-0.1, -0.05) is 13.8 Å². The number of hydrogen-bond acceptors (Lipinski definition) is 6. The third kappa shape index (κ3) is 3.91. The largest absolute Gasteiger partial charge is 0.494 e. The van der Waals surface area contributed by atoms with Crippen LogP contribution in [0.15, 0.2) is 51.7 Å². The highest BCUT2D eigenvalue weighted by Crippen LogP contribution is 2.23. The Morgan fingerprint density at radius 3 is 2.50 bits per heavy atom. The van der Waals surface area contributed by atoms with Crippen molar-refractivity contribution in [1.82, 2.24) is 4.98 Å². The fourth-order valence-electron chi connectivity index (χ4n) is 2.36. The van der Waals surface area contributed by atoms with E-state index in [2.05, 4.69) is 4.98 Å². The van der Waals surface area contributed by atoms with Gasteiger partial charge in [-0.15, -0.1) is 0 Å². The van der Waals surface area contributed by atoms with Gasteiger partial charge in [0.25, 0.3) is 0 Å². The minimum absolute atomic E-state index is 0.225. The summed E-state index contributed by atoms with van der Waals surface area (Å²) < 4.78 is 16.0. The van der Waals surface area contributed by atoms with Crippen LogP contribution >= 0.6 is 0 Å². The van der Waals surface area contributed by atoms with Gasteiger partial charge in [0.05, 0.1) is 17.5 Å². The average Bonchev–Trinajstić information content (AvgIpc) is 2.67. The Balaban J connectivity index is 1.92. The van der Waals surface area contributed by atoms with Crippen molar-refractivity contribution >= 4 is 16.9 Å². The van der Waals surface area contributed by atoms with E-state index in [-0.39, 0.29) is 23.7 Å². The van der Waals surface area contributed by atoms with Crippen molar-refractivity contribution in [2.45, 2.75) is 26.7 Å². The first-order valence-electron chi connectivity index (χ1n) is 8.49. The SMILES string of the molecule is CCCOc1ccc(-c2nc3ccc(OC(=O)CC)cc3c(=O)o2)cc1. The highest BCUT2D eigenvalue weighted by atomic mass is 16.5. The zero-order valence-electron chi connectivity index (χ0n) is 14.7. The fraction of sp³-hybridized carbons (Fsp3) is 0.250. The van der Waals surface area contributed by atoms with E-state index in [4.69, 9.17) is 13.9 Å². The molecule has 0 aliphatic heterocycles. The molecule has 0 aliphatic rings. The van der Waals surface area contributed by atoms with Gasteiger partial charge < -0.3 is 13.9 Å². The molecule has 1 aromatic heterocycles. The molecule has 3 rings (SSSR count). The maximum Gasteiger partial charge on any atom is 0.347 e. The van der Waals surface area contributed by atoms with Crippen molar-refractivity contribution in [3.05, 3.63) is 52.9 Å². The zero-order chi connectivity index (χ0) is 18.5. The molecule has 0 radical (unpaired) electrons. The Kier molecular flexibility index (Phi) is 5.31. The van der Waals surface area contributed by atoms with E-state index in [1.165, 1.54) is 6.07 Å². The summed E-state index contributed by atoms with van der Waals surface area (Å²) in [5.41, 5.74) is 0.610. The molecule has 0 N–H and O–H groups in total. The lowest BCUT2D eigenvalue weighted by Gasteiger charge is -2.06. The third-order valence-corrected chi connectivity index (χ3v) is 3.69. The molecule has 0 saturated heterocycles. The number of hydrogen-bond donors (Lipinski definition) is 0. The summed E-state index contributed by atoms with van der Waals surface area (Å²) in [6.45, 7) is 4.38. The van der Waals surface area contributed by atoms with Gasteiger partial charge in [-0.05, 0) is 48.9 Å². The number of ether oxygens (including phenoxy) is 2. The van der Waals surface area contributed by atoms with E-state index in [1.807, 2.05) is 19.1 Å². The number of aromatic nitrogens is 1. The van der Waals surface area contributed by atoms with Gasteiger partial charge in [0.15, 0.2) is 0 Å². The number of fused-ring (bicyclic) bond motifs is 1. The number of carbonyl (C=O) groups is 1. The van der Waals surface area contributed by atoms with Crippen LogP contribution in [0.4, 0.5) is 0 Å². The predicted octanol–water partition coefficient (Wildman–Crippen LogP) is 3.96. The third-order valence-electron chi connectivity index (χ3n) is 3.69. The van der Waals surface area contributed by atoms with Crippen molar-refractivity contribution in [2.75, 3.05) is 6.61 Å². The second kappa shape index (κ2) is 7.82. The lowest BCUT2D eigenvalue weighted by atomic mass is 10.2. The second-order valence-corrected chi connectivity index (χ2v) is 5.69. The number of carbonyl (C=O) groups excluding carboxylic acids is 1. The van der Waals surface area contributed by atoms with Crippen molar-refractivity contribution in [3.8, 4) is 23.0 Å². The molecule has 6 heteroatoms. The average molecular weight is 353 g/mol. The van der Waals surface area contributed by atoms with Crippen LogP contribution in [-0.2, 0) is 4.79 Å². The van der Waals surface area contributed by atoms with Crippen molar-refractivity contribution in [2.24, 2.45) is 0 Å². The summed E-state index contributed by atoms with van der Waals surface area (Å²) in [4.78, 5) is 28.1. The lowest BCUT2D eigenvalue weighted by molar-refractivity contribution is -0.134. The molecule has 0 fully saturated rings. The minimum atomic E-state index is -0.536. The van der Waals surface area contributed by atoms with Crippen molar-refractivity contribution in [1.29, 1.82) is 0 Å². The topological polar surface area (TPSA) is 78.6 Å². The quantitative estimate of drug-likeness (QED) is 0.493. The summed E-state index contributed by atoms with van der Waals surface area (Å²) in [6, 6.07) is 11.9. The highest BCUT2D eigenvalue weighted by molar-refractivity contribution is 5.81. The first-order valence-corrected chi connectivity index (χ1v) is 8.49. The summed E-state index contributed by atoms with van der Waals surface area (Å²) in [6.07, 6.45) is 1.18. The molecule has 0 aliphatic carbocycles.